The maximum Gasteiger partial charge on any atom is 0.325 e. The lowest BCUT2D eigenvalue weighted by atomic mass is 10.2. The standard InChI is InChI=1S/C22H29N3O5S/c1-25(17-22(27)30-2)20-11-7-18(8-12-20)23-24-19-9-13-21(14-10-19)31(28,29)16-6-4-3-5-15-26/h7-14,26H,3-6,15-17H2,1-2H3/b24-23+. The van der Waals surface area contributed by atoms with E-state index >= 15 is 0 Å². The van der Waals surface area contributed by atoms with Crippen molar-refractivity contribution >= 4 is 32.9 Å². The lowest BCUT2D eigenvalue weighted by molar-refractivity contribution is -0.138. The number of aliphatic hydroxyl groups excluding tert-OH is 1. The Labute approximate surface area is 183 Å². The molecule has 0 atom stereocenters. The Hall–Kier alpha value is -2.78. The third-order valence-electron chi connectivity index (χ3n) is 4.68. The number of unbranched alkanes of at least 4 members (excludes halogenated alkanes) is 3. The summed E-state index contributed by atoms with van der Waals surface area (Å²) in [5.74, 6) is -0.228. The molecule has 0 bridgehead atoms. The summed E-state index contributed by atoms with van der Waals surface area (Å²) in [6, 6.07) is 13.6. The number of nitrogens with zero attached hydrogens (tertiary/aromatic N) is 3. The molecule has 0 aliphatic carbocycles. The third-order valence-corrected chi connectivity index (χ3v) is 6.50. The Morgan fingerprint density at radius 2 is 1.48 bits per heavy atom. The number of rotatable bonds is 12. The zero-order chi connectivity index (χ0) is 22.7. The topological polar surface area (TPSA) is 109 Å². The molecule has 2 aromatic rings. The van der Waals surface area contributed by atoms with Gasteiger partial charge in [0.05, 0.1) is 29.1 Å². The molecule has 0 radical (unpaired) electrons. The van der Waals surface area contributed by atoms with E-state index in [1.54, 1.807) is 48.3 Å². The number of ether oxygens (including phenoxy) is 1. The quantitative estimate of drug-likeness (QED) is 0.299. The molecule has 2 aromatic carbocycles. The number of anilines is 1. The summed E-state index contributed by atoms with van der Waals surface area (Å²) < 4.78 is 29.4. The van der Waals surface area contributed by atoms with E-state index in [0.29, 0.717) is 24.2 Å². The number of sulfone groups is 1. The van der Waals surface area contributed by atoms with Gasteiger partial charge in [0.1, 0.15) is 6.54 Å². The number of azo groups is 1. The maximum atomic E-state index is 12.4. The van der Waals surface area contributed by atoms with E-state index < -0.39 is 9.84 Å². The predicted molar refractivity (Wildman–Crippen MR) is 120 cm³/mol. The Morgan fingerprint density at radius 1 is 0.935 bits per heavy atom. The summed E-state index contributed by atoms with van der Waals surface area (Å²) in [5, 5.41) is 17.1. The van der Waals surface area contributed by atoms with Crippen LogP contribution in [-0.2, 0) is 19.4 Å². The van der Waals surface area contributed by atoms with Gasteiger partial charge in [0.25, 0.3) is 0 Å². The van der Waals surface area contributed by atoms with Crippen LogP contribution in [0.4, 0.5) is 17.1 Å². The van der Waals surface area contributed by atoms with Crippen LogP contribution in [0.15, 0.2) is 63.7 Å². The van der Waals surface area contributed by atoms with Gasteiger partial charge >= 0.3 is 5.97 Å². The van der Waals surface area contributed by atoms with E-state index in [4.69, 9.17) is 5.11 Å². The first-order valence-corrected chi connectivity index (χ1v) is 11.7. The first-order chi connectivity index (χ1) is 14.9. The molecule has 0 fully saturated rings. The van der Waals surface area contributed by atoms with Crippen LogP contribution in [0.5, 0.6) is 0 Å². The Bertz CT molecular complexity index is 958. The van der Waals surface area contributed by atoms with Crippen molar-refractivity contribution in [2.24, 2.45) is 10.2 Å². The number of likely N-dealkylation sites (N-methyl/N-ethyl adjacent to an activating group) is 1. The summed E-state index contributed by atoms with van der Waals surface area (Å²) in [6.45, 7) is 0.286. The molecule has 1 N–H and O–H groups in total. The molecule has 0 spiro atoms. The zero-order valence-corrected chi connectivity index (χ0v) is 18.7. The first-order valence-electron chi connectivity index (χ1n) is 10.1. The second kappa shape index (κ2) is 12.2. The van der Waals surface area contributed by atoms with Crippen molar-refractivity contribution < 1.29 is 23.1 Å². The largest absolute Gasteiger partial charge is 0.468 e. The van der Waals surface area contributed by atoms with Gasteiger partial charge in [0.2, 0.25) is 0 Å². The molecule has 0 heterocycles. The van der Waals surface area contributed by atoms with Crippen LogP contribution < -0.4 is 4.90 Å². The second-order valence-corrected chi connectivity index (χ2v) is 9.21. The minimum absolute atomic E-state index is 0.0933. The highest BCUT2D eigenvalue weighted by Crippen LogP contribution is 2.23. The molecule has 9 heteroatoms. The molecule has 0 saturated heterocycles. The van der Waals surface area contributed by atoms with Gasteiger partial charge in [-0.2, -0.15) is 10.2 Å². The van der Waals surface area contributed by atoms with Crippen molar-refractivity contribution in [2.45, 2.75) is 30.6 Å². The Balaban J connectivity index is 1.94. The number of methoxy groups -OCH3 is 1. The smallest absolute Gasteiger partial charge is 0.325 e. The van der Waals surface area contributed by atoms with Crippen LogP contribution >= 0.6 is 0 Å². The molecule has 0 aliphatic heterocycles. The van der Waals surface area contributed by atoms with Crippen LogP contribution in [0, 0.1) is 0 Å². The molecular formula is C22H29N3O5S. The van der Waals surface area contributed by atoms with Crippen molar-refractivity contribution in [3.8, 4) is 0 Å². The van der Waals surface area contributed by atoms with Gasteiger partial charge in [-0.3, -0.25) is 4.79 Å². The van der Waals surface area contributed by atoms with Crippen LogP contribution in [-0.4, -0.2) is 52.6 Å². The van der Waals surface area contributed by atoms with E-state index in [1.807, 2.05) is 12.1 Å². The van der Waals surface area contributed by atoms with Crippen LogP contribution in [0.1, 0.15) is 25.7 Å². The first kappa shape index (κ1) is 24.5. The molecule has 168 valence electrons. The maximum absolute atomic E-state index is 12.4. The van der Waals surface area contributed by atoms with Gasteiger partial charge in [-0.25, -0.2) is 8.42 Å². The van der Waals surface area contributed by atoms with Gasteiger partial charge < -0.3 is 14.7 Å². The highest BCUT2D eigenvalue weighted by molar-refractivity contribution is 7.91. The summed E-state index contributed by atoms with van der Waals surface area (Å²) >= 11 is 0. The fourth-order valence-electron chi connectivity index (χ4n) is 2.83. The molecule has 31 heavy (non-hydrogen) atoms. The van der Waals surface area contributed by atoms with Crippen molar-refractivity contribution in [3.05, 3.63) is 48.5 Å². The molecule has 2 rings (SSSR count). The van der Waals surface area contributed by atoms with Gasteiger partial charge in [-0.05, 0) is 61.4 Å². The molecule has 0 aliphatic rings. The number of benzene rings is 2. The fraction of sp³-hybridized carbons (Fsp3) is 0.409. The molecule has 0 unspecified atom stereocenters. The summed E-state index contributed by atoms with van der Waals surface area (Å²) in [4.78, 5) is 13.4. The van der Waals surface area contributed by atoms with Gasteiger partial charge in [-0.15, -0.1) is 0 Å². The zero-order valence-electron chi connectivity index (χ0n) is 17.9. The SMILES string of the molecule is COC(=O)CN(C)c1ccc(/N=N/c2ccc(S(=O)(=O)CCCCCCO)cc2)cc1. The predicted octanol–water partition coefficient (Wildman–Crippen LogP) is 4.04. The Morgan fingerprint density at radius 3 is 2.03 bits per heavy atom. The molecule has 8 nitrogen and oxygen atoms in total. The molecule has 0 saturated carbocycles. The highest BCUT2D eigenvalue weighted by atomic mass is 32.2. The van der Waals surface area contributed by atoms with Gasteiger partial charge in [0.15, 0.2) is 9.84 Å². The lowest BCUT2D eigenvalue weighted by Crippen LogP contribution is -2.26. The molecule has 0 amide bonds. The minimum atomic E-state index is -3.33. The summed E-state index contributed by atoms with van der Waals surface area (Å²) in [5.41, 5.74) is 2.03. The van der Waals surface area contributed by atoms with Crippen LogP contribution in [0.3, 0.4) is 0 Å². The minimum Gasteiger partial charge on any atom is -0.468 e. The van der Waals surface area contributed by atoms with E-state index in [2.05, 4.69) is 15.0 Å². The average molecular weight is 448 g/mol. The number of carbonyl (C=O) groups is 1. The van der Waals surface area contributed by atoms with E-state index in [9.17, 15) is 13.2 Å². The highest BCUT2D eigenvalue weighted by Gasteiger charge is 2.13. The number of hydrogen-bond acceptors (Lipinski definition) is 8. The summed E-state index contributed by atoms with van der Waals surface area (Å²) in [6.07, 6.45) is 2.89. The van der Waals surface area contributed by atoms with Crippen molar-refractivity contribution in [1.82, 2.24) is 0 Å². The second-order valence-electron chi connectivity index (χ2n) is 7.10. The average Bonchev–Trinajstić information content (AvgIpc) is 2.78. The number of aliphatic hydroxyl groups is 1. The monoisotopic (exact) mass is 447 g/mol. The Kier molecular flexibility index (Phi) is 9.61. The third kappa shape index (κ3) is 8.10. The lowest BCUT2D eigenvalue weighted by Gasteiger charge is -2.17. The fourth-order valence-corrected chi connectivity index (χ4v) is 4.20. The number of carbonyl (C=O) groups excluding carboxylic acids is 1. The van der Waals surface area contributed by atoms with Crippen LogP contribution in [0.25, 0.3) is 0 Å². The van der Waals surface area contributed by atoms with E-state index in [-0.39, 0.29) is 29.8 Å². The van der Waals surface area contributed by atoms with Crippen LogP contribution in [0.2, 0.25) is 0 Å². The molecule has 0 aromatic heterocycles. The van der Waals surface area contributed by atoms with Gasteiger partial charge in [-0.1, -0.05) is 12.8 Å². The van der Waals surface area contributed by atoms with Crippen molar-refractivity contribution in [1.29, 1.82) is 0 Å². The number of hydrogen-bond donors (Lipinski definition) is 1. The van der Waals surface area contributed by atoms with E-state index in [0.717, 1.165) is 18.5 Å². The normalized spacial score (nSPS) is 11.6. The summed E-state index contributed by atoms with van der Waals surface area (Å²) in [7, 11) is -0.188. The van der Waals surface area contributed by atoms with E-state index in [1.165, 1.54) is 7.11 Å². The molecular weight excluding hydrogens is 418 g/mol. The van der Waals surface area contributed by atoms with Crippen molar-refractivity contribution in [3.63, 3.8) is 0 Å². The van der Waals surface area contributed by atoms with Gasteiger partial charge in [0, 0.05) is 19.3 Å². The van der Waals surface area contributed by atoms with Crippen molar-refractivity contribution in [2.75, 3.05) is 38.0 Å². The number of esters is 1.